The maximum absolute atomic E-state index is 11.1. The van der Waals surface area contributed by atoms with Gasteiger partial charge >= 0.3 is 0 Å². The molecule has 0 amide bonds. The molecule has 2 N–H and O–H groups in total. The van der Waals surface area contributed by atoms with Gasteiger partial charge in [0.2, 0.25) is 0 Å². The number of nitro groups is 2. The molecule has 2 aromatic carbocycles. The van der Waals surface area contributed by atoms with Gasteiger partial charge in [-0.3, -0.25) is 20.2 Å². The first-order chi connectivity index (χ1) is 15.4. The SMILES string of the molecule is O=[N+]([O-])c1cccc(C2O[C@@H]3[C@@H](O2)[C@@H](CO)OC(c2cccc([N+](=O)[O-])c2)OC[C@@H]3O)c1. The molecule has 0 radical (unpaired) electrons. The van der Waals surface area contributed by atoms with E-state index in [1.165, 1.54) is 36.4 Å². The van der Waals surface area contributed by atoms with Gasteiger partial charge in [-0.25, -0.2) is 0 Å². The van der Waals surface area contributed by atoms with Gasteiger partial charge in [-0.05, 0) is 0 Å². The minimum atomic E-state index is -1.18. The van der Waals surface area contributed by atoms with E-state index in [1.807, 2.05) is 0 Å². The zero-order valence-corrected chi connectivity index (χ0v) is 16.6. The number of benzene rings is 2. The van der Waals surface area contributed by atoms with E-state index in [1.54, 1.807) is 12.1 Å². The summed E-state index contributed by atoms with van der Waals surface area (Å²) in [5.74, 6) is 0. The fourth-order valence-corrected chi connectivity index (χ4v) is 3.69. The van der Waals surface area contributed by atoms with Crippen LogP contribution < -0.4 is 0 Å². The molecular formula is C20H20N2O10. The Morgan fingerprint density at radius 2 is 1.44 bits per heavy atom. The van der Waals surface area contributed by atoms with Gasteiger partial charge in [0.25, 0.3) is 11.4 Å². The van der Waals surface area contributed by atoms with Gasteiger partial charge in [-0.15, -0.1) is 0 Å². The van der Waals surface area contributed by atoms with Crippen molar-refractivity contribution in [3.8, 4) is 0 Å². The van der Waals surface area contributed by atoms with Crippen LogP contribution in [0.5, 0.6) is 0 Å². The highest BCUT2D eigenvalue weighted by Gasteiger charge is 2.48. The van der Waals surface area contributed by atoms with Crippen LogP contribution in [-0.2, 0) is 18.9 Å². The Hall–Kier alpha value is -3.00. The zero-order chi connectivity index (χ0) is 22.8. The average molecular weight is 448 g/mol. The summed E-state index contributed by atoms with van der Waals surface area (Å²) in [5.41, 5.74) is 0.383. The monoisotopic (exact) mass is 448 g/mol. The topological polar surface area (TPSA) is 164 Å². The molecular weight excluding hydrogens is 428 g/mol. The molecule has 0 spiro atoms. The van der Waals surface area contributed by atoms with Crippen molar-refractivity contribution in [3.05, 3.63) is 79.9 Å². The van der Waals surface area contributed by atoms with Gasteiger partial charge in [0.15, 0.2) is 12.6 Å². The highest BCUT2D eigenvalue weighted by atomic mass is 16.8. The van der Waals surface area contributed by atoms with Gasteiger partial charge in [0.1, 0.15) is 24.4 Å². The average Bonchev–Trinajstić information content (AvgIpc) is 3.23. The van der Waals surface area contributed by atoms with Crippen molar-refractivity contribution in [3.63, 3.8) is 0 Å². The molecule has 0 aromatic heterocycles. The lowest BCUT2D eigenvalue weighted by Crippen LogP contribution is -2.49. The molecule has 0 bridgehead atoms. The van der Waals surface area contributed by atoms with E-state index in [9.17, 15) is 30.4 Å². The number of nitrogens with zero attached hydrogens (tertiary/aromatic N) is 2. The summed E-state index contributed by atoms with van der Waals surface area (Å²) in [6.45, 7) is -0.759. The molecule has 2 fully saturated rings. The third kappa shape index (κ3) is 4.46. The Labute approximate surface area is 181 Å². The van der Waals surface area contributed by atoms with Gasteiger partial charge in [-0.1, -0.05) is 24.3 Å². The second-order valence-corrected chi connectivity index (χ2v) is 7.33. The first kappa shape index (κ1) is 22.2. The zero-order valence-electron chi connectivity index (χ0n) is 16.6. The largest absolute Gasteiger partial charge is 0.394 e. The number of non-ortho nitro benzene ring substituents is 2. The van der Waals surface area contributed by atoms with Crippen molar-refractivity contribution in [2.45, 2.75) is 37.0 Å². The minimum absolute atomic E-state index is 0.149. The summed E-state index contributed by atoms with van der Waals surface area (Å²) >= 11 is 0. The van der Waals surface area contributed by atoms with E-state index >= 15 is 0 Å². The number of aliphatic hydroxyl groups is 2. The maximum Gasteiger partial charge on any atom is 0.269 e. The lowest BCUT2D eigenvalue weighted by molar-refractivity contribution is -0.385. The maximum atomic E-state index is 11.1. The normalized spacial score (nSPS) is 30.2. The van der Waals surface area contributed by atoms with E-state index in [0.29, 0.717) is 11.1 Å². The van der Waals surface area contributed by atoms with Crippen molar-refractivity contribution in [2.75, 3.05) is 13.2 Å². The fourth-order valence-electron chi connectivity index (χ4n) is 3.69. The van der Waals surface area contributed by atoms with Crippen LogP contribution in [0.4, 0.5) is 11.4 Å². The van der Waals surface area contributed by atoms with Crippen LogP contribution in [-0.4, -0.2) is 57.7 Å². The van der Waals surface area contributed by atoms with E-state index in [2.05, 4.69) is 0 Å². The number of fused-ring (bicyclic) bond motifs is 1. The van der Waals surface area contributed by atoms with E-state index in [0.717, 1.165) is 0 Å². The van der Waals surface area contributed by atoms with Crippen LogP contribution >= 0.6 is 0 Å². The molecule has 12 nitrogen and oxygen atoms in total. The van der Waals surface area contributed by atoms with Crippen molar-refractivity contribution in [2.24, 2.45) is 0 Å². The molecule has 4 rings (SSSR count). The molecule has 2 heterocycles. The summed E-state index contributed by atoms with van der Waals surface area (Å²) in [7, 11) is 0. The Morgan fingerprint density at radius 1 is 0.875 bits per heavy atom. The van der Waals surface area contributed by atoms with Gasteiger partial charge in [-0.2, -0.15) is 0 Å². The summed E-state index contributed by atoms with van der Waals surface area (Å²) in [6, 6.07) is 11.3. The second kappa shape index (κ2) is 9.24. The first-order valence-corrected chi connectivity index (χ1v) is 9.73. The highest BCUT2D eigenvalue weighted by molar-refractivity contribution is 5.36. The quantitative estimate of drug-likeness (QED) is 0.509. The molecule has 32 heavy (non-hydrogen) atoms. The number of hydrogen-bond acceptors (Lipinski definition) is 10. The fraction of sp³-hybridized carbons (Fsp3) is 0.400. The third-order valence-corrected chi connectivity index (χ3v) is 5.23. The minimum Gasteiger partial charge on any atom is -0.394 e. The lowest BCUT2D eigenvalue weighted by atomic mass is 10.0. The Morgan fingerprint density at radius 3 is 2.00 bits per heavy atom. The standard InChI is InChI=1S/C20H20N2O10/c23-9-16-18-17(31-20(32-18)12-4-2-6-14(8-12)22(27)28)15(24)10-29-19(30-16)11-3-1-5-13(7-11)21(25)26/h1-8,15-20,23-24H,9-10H2/t15-,16+,17-,18-,19?,20?/m0/s1. The third-order valence-electron chi connectivity index (χ3n) is 5.23. The van der Waals surface area contributed by atoms with Crippen LogP contribution in [0.1, 0.15) is 23.7 Å². The Kier molecular flexibility index (Phi) is 6.41. The van der Waals surface area contributed by atoms with Crippen LogP contribution in [0.3, 0.4) is 0 Å². The first-order valence-electron chi connectivity index (χ1n) is 9.73. The van der Waals surface area contributed by atoms with Crippen LogP contribution in [0.25, 0.3) is 0 Å². The van der Waals surface area contributed by atoms with Crippen molar-refractivity contribution in [1.82, 2.24) is 0 Å². The molecule has 2 aliphatic rings. The van der Waals surface area contributed by atoms with Crippen LogP contribution in [0.15, 0.2) is 48.5 Å². The van der Waals surface area contributed by atoms with E-state index in [4.69, 9.17) is 18.9 Å². The molecule has 12 heteroatoms. The van der Waals surface area contributed by atoms with Crippen molar-refractivity contribution in [1.29, 1.82) is 0 Å². The Bertz CT molecular complexity index is 1000. The lowest BCUT2D eigenvalue weighted by Gasteiger charge is -2.34. The predicted octanol–water partition coefficient (Wildman–Crippen LogP) is 1.75. The van der Waals surface area contributed by atoms with Crippen molar-refractivity contribution < 1.29 is 39.0 Å². The smallest absolute Gasteiger partial charge is 0.269 e. The predicted molar refractivity (Wildman–Crippen MR) is 105 cm³/mol. The van der Waals surface area contributed by atoms with Gasteiger partial charge in [0.05, 0.1) is 23.1 Å². The Balaban J connectivity index is 1.58. The van der Waals surface area contributed by atoms with Gasteiger partial charge in [0, 0.05) is 35.4 Å². The second-order valence-electron chi connectivity index (χ2n) is 7.33. The van der Waals surface area contributed by atoms with E-state index < -0.39 is 53.4 Å². The number of hydrogen-bond donors (Lipinski definition) is 2. The van der Waals surface area contributed by atoms with Crippen LogP contribution in [0.2, 0.25) is 0 Å². The van der Waals surface area contributed by atoms with Gasteiger partial charge < -0.3 is 29.2 Å². The molecule has 0 saturated carbocycles. The molecule has 2 saturated heterocycles. The molecule has 2 unspecified atom stereocenters. The number of aliphatic hydroxyl groups excluding tert-OH is 2. The molecule has 6 atom stereocenters. The van der Waals surface area contributed by atoms with Crippen molar-refractivity contribution >= 4 is 11.4 Å². The molecule has 0 aliphatic carbocycles. The summed E-state index contributed by atoms with van der Waals surface area (Å²) in [5, 5.41) is 42.7. The van der Waals surface area contributed by atoms with Crippen LogP contribution in [0, 0.1) is 20.2 Å². The van der Waals surface area contributed by atoms with E-state index in [-0.39, 0.29) is 18.0 Å². The number of ether oxygens (including phenoxy) is 4. The summed E-state index contributed by atoms with van der Waals surface area (Å²) < 4.78 is 23.2. The number of nitro benzene ring substituents is 2. The molecule has 2 aliphatic heterocycles. The number of rotatable bonds is 5. The molecule has 170 valence electrons. The highest BCUT2D eigenvalue weighted by Crippen LogP contribution is 2.39. The summed E-state index contributed by atoms with van der Waals surface area (Å²) in [6.07, 6.45) is -6.20. The molecule has 2 aromatic rings. The summed E-state index contributed by atoms with van der Waals surface area (Å²) in [4.78, 5) is 21.0.